The maximum absolute atomic E-state index is 8.66. The molecule has 0 spiro atoms. The summed E-state index contributed by atoms with van der Waals surface area (Å²) in [5.41, 5.74) is 0. The standard InChI is InChI=1S/Co.6H3N.H3O4P/c;;;;;;;1-5(2,3)4/h;6*1H3;(H3,1,2,3,4)/q+2;;;;;;;/p-2. The zero-order valence-electron chi connectivity index (χ0n) is 6.70. The minimum atomic E-state index is -5.14. The predicted octanol–water partition coefficient (Wildman–Crippen LogP) is -1.22. The van der Waals surface area contributed by atoms with E-state index in [4.69, 9.17) is 19.2 Å². The monoisotopic (exact) mass is 257 g/mol. The van der Waals surface area contributed by atoms with E-state index in [1.807, 2.05) is 0 Å². The molecule has 0 atom stereocenters. The molecule has 12 heavy (non-hydrogen) atoms. The van der Waals surface area contributed by atoms with Crippen LogP contribution in [-0.2, 0) is 21.3 Å². The third-order valence-electron chi connectivity index (χ3n) is 0. The fraction of sp³-hybridized carbons (Fsp3) is 0. The maximum Gasteiger partial charge on any atom is 2.00 e. The second-order valence-electron chi connectivity index (χ2n) is 0.469. The van der Waals surface area contributed by atoms with Crippen molar-refractivity contribution in [3.05, 3.63) is 0 Å². The Labute approximate surface area is 81.4 Å². The van der Waals surface area contributed by atoms with Gasteiger partial charge in [0.15, 0.2) is 0 Å². The third-order valence-corrected chi connectivity index (χ3v) is 0. The molecule has 0 aliphatic carbocycles. The number of hydrogen-bond acceptors (Lipinski definition) is 9. The van der Waals surface area contributed by atoms with Gasteiger partial charge in [-0.3, -0.25) is 0 Å². The molecule has 0 heterocycles. The Hall–Kier alpha value is 0.376. The van der Waals surface area contributed by atoms with Crippen LogP contribution in [0.3, 0.4) is 0 Å². The molecule has 1 radical (unpaired) electrons. The summed E-state index contributed by atoms with van der Waals surface area (Å²) in [5, 5.41) is 0. The van der Waals surface area contributed by atoms with Crippen LogP contribution < -0.4 is 46.7 Å². The first-order valence-corrected chi connectivity index (χ1v) is 2.24. The van der Waals surface area contributed by atoms with Gasteiger partial charge in [0.05, 0.1) is 7.82 Å². The summed E-state index contributed by atoms with van der Waals surface area (Å²) in [6.45, 7) is 0. The van der Waals surface area contributed by atoms with Crippen LogP contribution in [-0.4, -0.2) is 4.89 Å². The van der Waals surface area contributed by atoms with Crippen molar-refractivity contribution in [3.8, 4) is 0 Å². The van der Waals surface area contributed by atoms with Crippen molar-refractivity contribution in [2.24, 2.45) is 0 Å². The van der Waals surface area contributed by atoms with Crippen molar-refractivity contribution in [2.45, 2.75) is 0 Å². The van der Waals surface area contributed by atoms with E-state index in [0.717, 1.165) is 0 Å². The quantitative estimate of drug-likeness (QED) is 0.253. The summed E-state index contributed by atoms with van der Waals surface area (Å²) in [6, 6.07) is 0. The Balaban J connectivity index is -0.00000000381. The van der Waals surface area contributed by atoms with Crippen LogP contribution in [0.15, 0.2) is 0 Å². The third kappa shape index (κ3) is 6440. The molecule has 0 bridgehead atoms. The maximum atomic E-state index is 8.66. The fourth-order valence-corrected chi connectivity index (χ4v) is 0. The van der Waals surface area contributed by atoms with Crippen LogP contribution in [0.4, 0.5) is 0 Å². The smallest absolute Gasteiger partial charge is 0.790 e. The van der Waals surface area contributed by atoms with Crippen LogP contribution in [0.5, 0.6) is 0 Å². The molecule has 0 unspecified atom stereocenters. The summed E-state index contributed by atoms with van der Waals surface area (Å²) in [6.07, 6.45) is 0. The topological polar surface area (TPSA) is 293 Å². The van der Waals surface area contributed by atoms with E-state index in [-0.39, 0.29) is 53.7 Å². The molecular formula is H19CoN6O4P. The average molecular weight is 257 g/mol. The summed E-state index contributed by atoms with van der Waals surface area (Å²) in [7, 11) is -5.14. The summed E-state index contributed by atoms with van der Waals surface area (Å²) in [5.74, 6) is 0. The normalized spacial score (nSPS) is 4.92. The van der Waals surface area contributed by atoms with Crippen LogP contribution >= 0.6 is 7.82 Å². The van der Waals surface area contributed by atoms with Gasteiger partial charge in [-0.2, -0.15) is 0 Å². The van der Waals surface area contributed by atoms with E-state index < -0.39 is 7.82 Å². The number of phosphoric acid groups is 1. The molecular weight excluding hydrogens is 238 g/mol. The minimum absolute atomic E-state index is 0. The number of hydrogen-bond donors (Lipinski definition) is 7. The molecule has 19 N–H and O–H groups in total. The molecule has 0 saturated heterocycles. The molecule has 87 valence electrons. The Kier molecular flexibility index (Phi) is 210. The van der Waals surface area contributed by atoms with Crippen molar-refractivity contribution in [2.75, 3.05) is 0 Å². The van der Waals surface area contributed by atoms with Crippen LogP contribution in [0, 0.1) is 0 Å². The average Bonchev–Trinajstić information content (AvgIpc) is 0.722. The summed E-state index contributed by atoms with van der Waals surface area (Å²) < 4.78 is 8.66. The molecule has 10 nitrogen and oxygen atoms in total. The second-order valence-corrected chi connectivity index (χ2v) is 1.41. The summed E-state index contributed by atoms with van der Waals surface area (Å²) in [4.78, 5) is 24.3. The first kappa shape index (κ1) is 83.6. The SMILES string of the molecule is N.N.N.N.N.N.O=P([O-])([O-])O.[Co+2]. The molecule has 0 aliphatic rings. The van der Waals surface area contributed by atoms with Crippen LogP contribution in [0.25, 0.3) is 0 Å². The van der Waals surface area contributed by atoms with Crippen LogP contribution in [0.2, 0.25) is 0 Å². The fourth-order valence-electron chi connectivity index (χ4n) is 0. The zero-order valence-corrected chi connectivity index (χ0v) is 8.63. The minimum Gasteiger partial charge on any atom is -0.790 e. The Morgan fingerprint density at radius 3 is 0.833 bits per heavy atom. The van der Waals surface area contributed by atoms with Crippen molar-refractivity contribution >= 4 is 7.82 Å². The number of rotatable bonds is 0. The van der Waals surface area contributed by atoms with E-state index >= 15 is 0 Å². The molecule has 0 amide bonds. The van der Waals surface area contributed by atoms with Crippen molar-refractivity contribution in [1.82, 2.24) is 36.9 Å². The van der Waals surface area contributed by atoms with Gasteiger partial charge in [-0.05, 0) is 0 Å². The van der Waals surface area contributed by atoms with Gasteiger partial charge in [-0.15, -0.1) is 0 Å². The first-order chi connectivity index (χ1) is 2.00. The predicted molar refractivity (Wildman–Crippen MR) is 40.0 cm³/mol. The van der Waals surface area contributed by atoms with Gasteiger partial charge in [0.2, 0.25) is 0 Å². The zero-order chi connectivity index (χ0) is 4.50. The van der Waals surface area contributed by atoms with E-state index in [9.17, 15) is 0 Å². The largest absolute Gasteiger partial charge is 2.00 e. The molecule has 12 heteroatoms. The van der Waals surface area contributed by atoms with Crippen molar-refractivity contribution in [1.29, 1.82) is 0 Å². The van der Waals surface area contributed by atoms with E-state index in [2.05, 4.69) is 0 Å². The molecule has 0 rings (SSSR count). The van der Waals surface area contributed by atoms with Crippen LogP contribution in [0.1, 0.15) is 0 Å². The van der Waals surface area contributed by atoms with Gasteiger partial charge in [-0.1, -0.05) is 0 Å². The molecule has 0 aromatic rings. The summed E-state index contributed by atoms with van der Waals surface area (Å²) >= 11 is 0. The van der Waals surface area contributed by atoms with Gasteiger partial charge in [0.1, 0.15) is 0 Å². The molecule has 0 fully saturated rings. The molecule has 0 aromatic heterocycles. The Morgan fingerprint density at radius 1 is 0.833 bits per heavy atom. The molecule has 0 aliphatic heterocycles. The Morgan fingerprint density at radius 2 is 0.833 bits per heavy atom. The van der Waals surface area contributed by atoms with Gasteiger partial charge >= 0.3 is 16.8 Å². The van der Waals surface area contributed by atoms with Gasteiger partial charge in [-0.25, -0.2) is 0 Å². The van der Waals surface area contributed by atoms with Crippen molar-refractivity contribution in [3.63, 3.8) is 0 Å². The van der Waals surface area contributed by atoms with Crippen molar-refractivity contribution < 1.29 is 36.0 Å². The van der Waals surface area contributed by atoms with E-state index in [1.165, 1.54) is 0 Å². The van der Waals surface area contributed by atoms with Gasteiger partial charge < -0.3 is 56.1 Å². The van der Waals surface area contributed by atoms with E-state index in [1.54, 1.807) is 0 Å². The molecule has 0 saturated carbocycles. The van der Waals surface area contributed by atoms with Gasteiger partial charge in [0, 0.05) is 0 Å². The molecule has 0 aromatic carbocycles. The van der Waals surface area contributed by atoms with E-state index in [0.29, 0.717) is 0 Å². The first-order valence-electron chi connectivity index (χ1n) is 0.748. The Bertz CT molecular complexity index is 65.7. The van der Waals surface area contributed by atoms with Gasteiger partial charge in [0.25, 0.3) is 0 Å². The second kappa shape index (κ2) is 30.1.